The minimum atomic E-state index is -0.00917. The zero-order valence-corrected chi connectivity index (χ0v) is 8.52. The van der Waals surface area contributed by atoms with E-state index in [1.54, 1.807) is 7.11 Å². The van der Waals surface area contributed by atoms with Crippen LogP contribution in [0.4, 0.5) is 0 Å². The van der Waals surface area contributed by atoms with Gasteiger partial charge in [-0.2, -0.15) is 0 Å². The van der Waals surface area contributed by atoms with Gasteiger partial charge >= 0.3 is 0 Å². The molecule has 0 aliphatic rings. The van der Waals surface area contributed by atoms with Crippen molar-refractivity contribution in [1.29, 1.82) is 0 Å². The third-order valence-corrected chi connectivity index (χ3v) is 2.24. The second-order valence-corrected chi connectivity index (χ2v) is 3.20. The summed E-state index contributed by atoms with van der Waals surface area (Å²) in [6.07, 6.45) is 2.14. The van der Waals surface area contributed by atoms with Crippen molar-refractivity contribution in [2.24, 2.45) is 5.73 Å². The van der Waals surface area contributed by atoms with E-state index in [4.69, 9.17) is 10.5 Å². The van der Waals surface area contributed by atoms with Crippen molar-refractivity contribution in [3.8, 4) is 0 Å². The topological polar surface area (TPSA) is 47.3 Å². The van der Waals surface area contributed by atoms with Gasteiger partial charge in [0.05, 0.1) is 12.1 Å². The van der Waals surface area contributed by atoms with Gasteiger partial charge in [0, 0.05) is 13.7 Å². The predicted octanol–water partition coefficient (Wildman–Crippen LogP) is 0.740. The molecule has 3 N–H and O–H groups in total. The molecule has 0 saturated carbocycles. The number of hydrogen-bond donors (Lipinski definition) is 2. The highest BCUT2D eigenvalue weighted by Gasteiger charge is 2.24. The van der Waals surface area contributed by atoms with Gasteiger partial charge in [-0.15, -0.1) is 0 Å². The monoisotopic (exact) mass is 174 g/mol. The smallest absolute Gasteiger partial charge is 0.0656 e. The summed E-state index contributed by atoms with van der Waals surface area (Å²) < 4.78 is 5.14. The summed E-state index contributed by atoms with van der Waals surface area (Å²) in [5.41, 5.74) is 5.69. The van der Waals surface area contributed by atoms with Gasteiger partial charge in [-0.3, -0.25) is 0 Å². The number of nitrogens with one attached hydrogen (secondary N) is 1. The summed E-state index contributed by atoms with van der Waals surface area (Å²) in [5.74, 6) is 0. The van der Waals surface area contributed by atoms with Crippen LogP contribution >= 0.6 is 0 Å². The van der Waals surface area contributed by atoms with E-state index in [0.29, 0.717) is 13.2 Å². The third-order valence-electron chi connectivity index (χ3n) is 2.24. The number of rotatable bonds is 7. The maximum absolute atomic E-state index is 5.70. The van der Waals surface area contributed by atoms with Crippen molar-refractivity contribution in [2.45, 2.75) is 32.2 Å². The zero-order chi connectivity index (χ0) is 9.45. The molecular formula is C9H22N2O. The lowest BCUT2D eigenvalue weighted by Crippen LogP contribution is -2.54. The molecule has 0 rings (SSSR count). The number of nitrogens with two attached hydrogens (primary N) is 1. The van der Waals surface area contributed by atoms with Crippen LogP contribution in [-0.2, 0) is 4.74 Å². The lowest BCUT2D eigenvalue weighted by Gasteiger charge is -2.31. The summed E-state index contributed by atoms with van der Waals surface area (Å²) >= 11 is 0. The van der Waals surface area contributed by atoms with E-state index < -0.39 is 0 Å². The Morgan fingerprint density at radius 1 is 1.42 bits per heavy atom. The molecule has 0 saturated heterocycles. The second kappa shape index (κ2) is 6.40. The summed E-state index contributed by atoms with van der Waals surface area (Å²) in [5, 5.41) is 3.43. The van der Waals surface area contributed by atoms with Crippen molar-refractivity contribution in [1.82, 2.24) is 5.32 Å². The number of ether oxygens (including phenoxy) is 1. The number of hydrogen-bond acceptors (Lipinski definition) is 3. The molecule has 0 aliphatic carbocycles. The normalized spacial score (nSPS) is 16.0. The fourth-order valence-electron chi connectivity index (χ4n) is 1.22. The molecule has 0 spiro atoms. The average molecular weight is 174 g/mol. The largest absolute Gasteiger partial charge is 0.383 e. The van der Waals surface area contributed by atoms with Gasteiger partial charge in [0.1, 0.15) is 0 Å². The maximum Gasteiger partial charge on any atom is 0.0656 e. The van der Waals surface area contributed by atoms with Crippen molar-refractivity contribution < 1.29 is 4.74 Å². The van der Waals surface area contributed by atoms with Gasteiger partial charge in [-0.1, -0.05) is 13.8 Å². The second-order valence-electron chi connectivity index (χ2n) is 3.20. The standard InChI is InChI=1S/C9H22N2O/c1-4-6-11-9(5-2,7-10)8-12-3/h11H,4-8,10H2,1-3H3. The van der Waals surface area contributed by atoms with Crippen LogP contribution < -0.4 is 11.1 Å². The van der Waals surface area contributed by atoms with E-state index in [1.165, 1.54) is 0 Å². The van der Waals surface area contributed by atoms with Gasteiger partial charge < -0.3 is 15.8 Å². The minimum Gasteiger partial charge on any atom is -0.383 e. The molecule has 3 heteroatoms. The highest BCUT2D eigenvalue weighted by Crippen LogP contribution is 2.08. The molecule has 74 valence electrons. The van der Waals surface area contributed by atoms with E-state index in [1.807, 2.05) is 0 Å². The average Bonchev–Trinajstić information content (AvgIpc) is 2.13. The van der Waals surface area contributed by atoms with E-state index in [2.05, 4.69) is 19.2 Å². The molecule has 0 radical (unpaired) electrons. The molecular weight excluding hydrogens is 152 g/mol. The molecule has 0 aromatic carbocycles. The van der Waals surface area contributed by atoms with Gasteiger partial charge in [0.25, 0.3) is 0 Å². The zero-order valence-electron chi connectivity index (χ0n) is 8.52. The first kappa shape index (κ1) is 11.9. The van der Waals surface area contributed by atoms with Crippen LogP contribution in [0, 0.1) is 0 Å². The molecule has 3 nitrogen and oxygen atoms in total. The van der Waals surface area contributed by atoms with E-state index in [-0.39, 0.29) is 5.54 Å². The number of methoxy groups -OCH3 is 1. The van der Waals surface area contributed by atoms with E-state index >= 15 is 0 Å². The van der Waals surface area contributed by atoms with Crippen LogP contribution in [0.15, 0.2) is 0 Å². The molecule has 12 heavy (non-hydrogen) atoms. The van der Waals surface area contributed by atoms with Gasteiger partial charge in [-0.25, -0.2) is 0 Å². The Bertz CT molecular complexity index is 103. The van der Waals surface area contributed by atoms with Crippen LogP contribution in [0.1, 0.15) is 26.7 Å². The first-order chi connectivity index (χ1) is 5.74. The molecule has 0 heterocycles. The van der Waals surface area contributed by atoms with Crippen LogP contribution in [-0.4, -0.2) is 32.3 Å². The van der Waals surface area contributed by atoms with Gasteiger partial charge in [-0.05, 0) is 19.4 Å². The molecule has 0 fully saturated rings. The Morgan fingerprint density at radius 3 is 2.42 bits per heavy atom. The van der Waals surface area contributed by atoms with Crippen LogP contribution in [0.25, 0.3) is 0 Å². The van der Waals surface area contributed by atoms with E-state index in [9.17, 15) is 0 Å². The SMILES string of the molecule is CCCNC(CC)(CN)COC. The lowest BCUT2D eigenvalue weighted by molar-refractivity contribution is 0.110. The molecule has 1 unspecified atom stereocenters. The van der Waals surface area contributed by atoms with Crippen LogP contribution in [0.3, 0.4) is 0 Å². The Kier molecular flexibility index (Phi) is 6.34. The molecule has 0 aromatic rings. The van der Waals surface area contributed by atoms with Gasteiger partial charge in [0.2, 0.25) is 0 Å². The Balaban J connectivity index is 3.95. The van der Waals surface area contributed by atoms with Crippen molar-refractivity contribution >= 4 is 0 Å². The van der Waals surface area contributed by atoms with Crippen molar-refractivity contribution in [3.05, 3.63) is 0 Å². The molecule has 0 amide bonds. The summed E-state index contributed by atoms with van der Waals surface area (Å²) in [4.78, 5) is 0. The van der Waals surface area contributed by atoms with Crippen LogP contribution in [0.5, 0.6) is 0 Å². The summed E-state index contributed by atoms with van der Waals surface area (Å²) in [6.45, 7) is 6.62. The lowest BCUT2D eigenvalue weighted by atomic mass is 9.97. The van der Waals surface area contributed by atoms with Crippen molar-refractivity contribution in [2.75, 3.05) is 26.8 Å². The highest BCUT2D eigenvalue weighted by molar-refractivity contribution is 4.87. The third kappa shape index (κ3) is 3.52. The molecule has 0 bridgehead atoms. The maximum atomic E-state index is 5.70. The quantitative estimate of drug-likeness (QED) is 0.598. The molecule has 0 aliphatic heterocycles. The Hall–Kier alpha value is -0.120. The predicted molar refractivity (Wildman–Crippen MR) is 52.2 cm³/mol. The summed E-state index contributed by atoms with van der Waals surface area (Å²) in [7, 11) is 1.72. The fourth-order valence-corrected chi connectivity index (χ4v) is 1.22. The first-order valence-corrected chi connectivity index (χ1v) is 4.68. The van der Waals surface area contributed by atoms with E-state index in [0.717, 1.165) is 19.4 Å². The van der Waals surface area contributed by atoms with Crippen LogP contribution in [0.2, 0.25) is 0 Å². The molecule has 0 aromatic heterocycles. The Morgan fingerprint density at radius 2 is 2.08 bits per heavy atom. The summed E-state index contributed by atoms with van der Waals surface area (Å²) in [6, 6.07) is 0. The Labute approximate surface area is 75.7 Å². The van der Waals surface area contributed by atoms with Gasteiger partial charge in [0.15, 0.2) is 0 Å². The van der Waals surface area contributed by atoms with Crippen molar-refractivity contribution in [3.63, 3.8) is 0 Å². The minimum absolute atomic E-state index is 0.00917. The highest BCUT2D eigenvalue weighted by atomic mass is 16.5. The fraction of sp³-hybridized carbons (Fsp3) is 1.00. The molecule has 1 atom stereocenters. The first-order valence-electron chi connectivity index (χ1n) is 4.68.